The molecule has 0 radical (unpaired) electrons. The first kappa shape index (κ1) is 13.7. The molecule has 78 valence electrons. The molecule has 0 atom stereocenters. The van der Waals surface area contributed by atoms with Crippen molar-refractivity contribution in [2.24, 2.45) is 0 Å². The zero-order chi connectivity index (χ0) is 10.9. The second-order valence-electron chi connectivity index (χ2n) is 3.62. The number of hydrogen-bond acceptors (Lipinski definition) is 1. The van der Waals surface area contributed by atoms with Crippen molar-refractivity contribution in [1.82, 2.24) is 0 Å². The van der Waals surface area contributed by atoms with E-state index in [2.05, 4.69) is 37.9 Å². The predicted octanol–water partition coefficient (Wildman–Crippen LogP) is 4.75. The van der Waals surface area contributed by atoms with Crippen LogP contribution in [-0.2, 0) is 16.3 Å². The average Bonchev–Trinajstić information content (AvgIpc) is 2.34. The third-order valence-electron chi connectivity index (χ3n) is 2.53. The second-order valence-corrected chi connectivity index (χ2v) is 4.99. The Kier molecular flexibility index (Phi) is 8.04. The summed E-state index contributed by atoms with van der Waals surface area (Å²) in [5, 5.41) is 0.865. The fourth-order valence-corrected chi connectivity index (χ4v) is 3.07. The Morgan fingerprint density at radius 3 is 2.60 bits per heavy atom. The van der Waals surface area contributed by atoms with E-state index in [-0.39, 0.29) is 0 Å². The monoisotopic (exact) mass is 334 g/mol. The van der Waals surface area contributed by atoms with Crippen LogP contribution < -0.4 is 0 Å². The van der Waals surface area contributed by atoms with Gasteiger partial charge >= 0.3 is 30.0 Å². The van der Waals surface area contributed by atoms with Crippen LogP contribution in [0.15, 0.2) is 29.2 Å². The van der Waals surface area contributed by atoms with Gasteiger partial charge in [0.05, 0.1) is 0 Å². The molecule has 2 rings (SSSR count). The molecule has 1 aromatic rings. The van der Waals surface area contributed by atoms with Gasteiger partial charge in [-0.2, -0.15) is 42.1 Å². The average molecular weight is 337 g/mol. The number of benzene rings is 1. The molecule has 0 unspecified atom stereocenters. The fraction of sp³-hybridized carbons (Fsp3) is 0.500. The van der Waals surface area contributed by atoms with Crippen LogP contribution >= 0.6 is 25.4 Å². The maximum atomic E-state index is 3.13. The second kappa shape index (κ2) is 8.78. The zero-order valence-corrected chi connectivity index (χ0v) is 14.3. The minimum absolute atomic E-state index is 0.865. The first-order valence-corrected chi connectivity index (χ1v) is 13.2. The summed E-state index contributed by atoms with van der Waals surface area (Å²) in [6, 6.07) is 11.5. The molecule has 1 saturated carbocycles. The van der Waals surface area contributed by atoms with Gasteiger partial charge in [0.25, 0.3) is 0 Å². The van der Waals surface area contributed by atoms with Gasteiger partial charge in [-0.15, -0.1) is 4.90 Å². The van der Waals surface area contributed by atoms with Crippen LogP contribution in [0.3, 0.4) is 0 Å². The van der Waals surface area contributed by atoms with E-state index in [0.717, 1.165) is 5.25 Å². The molecule has 0 nitrogen and oxygen atoms in total. The first-order chi connectivity index (χ1) is 7.45. The predicted molar refractivity (Wildman–Crippen MR) is 66.9 cm³/mol. The van der Waals surface area contributed by atoms with E-state index in [4.69, 9.17) is 0 Å². The molecule has 15 heavy (non-hydrogen) atoms. The molecule has 0 aliphatic heterocycles. The summed E-state index contributed by atoms with van der Waals surface area (Å²) < 4.78 is 0. The Morgan fingerprint density at radius 2 is 2.00 bits per heavy atom. The van der Waals surface area contributed by atoms with Crippen molar-refractivity contribution >= 4 is 25.4 Å². The van der Waals surface area contributed by atoms with Crippen LogP contribution in [0.5, 0.6) is 0 Å². The van der Waals surface area contributed by atoms with Gasteiger partial charge in [-0.05, 0) is 18.1 Å². The fourth-order valence-electron chi connectivity index (χ4n) is 1.83. The molecular formula is C12H15BrSZn. The van der Waals surface area contributed by atoms with Gasteiger partial charge in [0, 0.05) is 0 Å². The first-order valence-electron chi connectivity index (χ1n) is 5.34. The summed E-state index contributed by atoms with van der Waals surface area (Å²) in [6.45, 7) is 0. The smallest absolute Gasteiger partial charge is 0.00262 e. The van der Waals surface area contributed by atoms with Crippen molar-refractivity contribution in [3.8, 4) is 0 Å². The molecular weight excluding hydrogens is 321 g/mol. The van der Waals surface area contributed by atoms with Crippen molar-refractivity contribution in [2.75, 3.05) is 0 Å². The molecule has 0 heterocycles. The molecule has 0 spiro atoms. The normalized spacial score (nSPS) is 16.7. The van der Waals surface area contributed by atoms with Gasteiger partial charge in [-0.1, -0.05) is 19.3 Å². The molecule has 1 fully saturated rings. The quantitative estimate of drug-likeness (QED) is 0.554. The van der Waals surface area contributed by atoms with Gasteiger partial charge < -0.3 is 0 Å². The maximum Gasteiger partial charge on any atom is -0.00262 e. The van der Waals surface area contributed by atoms with E-state index in [0.29, 0.717) is 0 Å². The minimum Gasteiger partial charge on any atom is -0.192 e. The van der Waals surface area contributed by atoms with Crippen molar-refractivity contribution in [3.63, 3.8) is 0 Å². The topological polar surface area (TPSA) is 0 Å². The molecule has 0 saturated heterocycles. The molecule has 1 aromatic carbocycles. The van der Waals surface area contributed by atoms with Crippen LogP contribution in [0, 0.1) is 6.07 Å². The number of thioether (sulfide) groups is 1. The summed E-state index contributed by atoms with van der Waals surface area (Å²) in [4.78, 5) is 1.38. The van der Waals surface area contributed by atoms with Crippen molar-refractivity contribution < 1.29 is 16.3 Å². The van der Waals surface area contributed by atoms with Crippen molar-refractivity contribution in [1.29, 1.82) is 0 Å². The van der Waals surface area contributed by atoms with Crippen LogP contribution in [-0.4, -0.2) is 5.25 Å². The summed E-state index contributed by atoms with van der Waals surface area (Å²) in [5.41, 5.74) is 0. The summed E-state index contributed by atoms with van der Waals surface area (Å²) >= 11 is 6.28. The summed E-state index contributed by atoms with van der Waals surface area (Å²) in [7, 11) is 0. The van der Waals surface area contributed by atoms with Gasteiger partial charge in [-0.25, -0.2) is 0 Å². The molecule has 3 heteroatoms. The van der Waals surface area contributed by atoms with Crippen LogP contribution in [0.4, 0.5) is 0 Å². The number of hydrogen-bond donors (Lipinski definition) is 0. The van der Waals surface area contributed by atoms with E-state index < -0.39 is 0 Å². The van der Waals surface area contributed by atoms with E-state index in [1.807, 2.05) is 17.8 Å². The van der Waals surface area contributed by atoms with E-state index in [1.165, 1.54) is 53.3 Å². The van der Waals surface area contributed by atoms with Gasteiger partial charge in [0.15, 0.2) is 0 Å². The Labute approximate surface area is 114 Å². The van der Waals surface area contributed by atoms with Crippen LogP contribution in [0.2, 0.25) is 0 Å². The van der Waals surface area contributed by atoms with Gasteiger partial charge in [-0.3, -0.25) is 0 Å². The minimum atomic E-state index is 0.865. The van der Waals surface area contributed by atoms with Crippen molar-refractivity contribution in [2.45, 2.75) is 42.2 Å². The molecule has 0 N–H and O–H groups in total. The van der Waals surface area contributed by atoms with Crippen LogP contribution in [0.25, 0.3) is 0 Å². The summed E-state index contributed by atoms with van der Waals surface area (Å²) in [6.07, 6.45) is 7.10. The Bertz CT molecular complexity index is 247. The number of rotatable bonds is 2. The maximum absolute atomic E-state index is 3.13. The van der Waals surface area contributed by atoms with Crippen LogP contribution in [0.1, 0.15) is 32.1 Å². The number of halogens is 1. The Hall–Kier alpha value is 0.673. The Balaban J connectivity index is 0.000000531. The summed E-state index contributed by atoms with van der Waals surface area (Å²) in [5.74, 6) is 0. The third-order valence-corrected chi connectivity index (χ3v) is 3.86. The molecule has 0 aromatic heterocycles. The Morgan fingerprint density at radius 1 is 1.27 bits per heavy atom. The molecule has 0 bridgehead atoms. The third kappa shape index (κ3) is 5.51. The molecule has 1 aliphatic rings. The van der Waals surface area contributed by atoms with Gasteiger partial charge in [0.1, 0.15) is 0 Å². The van der Waals surface area contributed by atoms with Crippen molar-refractivity contribution in [3.05, 3.63) is 30.3 Å². The molecule has 1 aliphatic carbocycles. The SMILES string of the molecule is [Zn+][Br].[c-]1cccc(SC2CCCCC2)c1. The molecule has 0 amide bonds. The zero-order valence-electron chi connectivity index (χ0n) is 8.92. The van der Waals surface area contributed by atoms with E-state index in [9.17, 15) is 0 Å². The largest absolute Gasteiger partial charge is 0.192 e. The van der Waals surface area contributed by atoms with E-state index in [1.54, 1.807) is 0 Å². The van der Waals surface area contributed by atoms with Gasteiger partial charge in [0.2, 0.25) is 0 Å². The van der Waals surface area contributed by atoms with E-state index >= 15 is 0 Å². The standard InChI is InChI=1S/C12H15S.BrH.Zn/c1-3-7-11(8-4-1)13-12-9-5-2-6-10-12;;/h1,3,7-8,12H,2,5-6,9-10H2;1H;/q-1;;+2/p-1.